The van der Waals surface area contributed by atoms with Gasteiger partial charge in [0.1, 0.15) is 0 Å². The highest BCUT2D eigenvalue weighted by molar-refractivity contribution is 7.99. The second kappa shape index (κ2) is 7.22. The molecule has 0 aliphatic rings. The van der Waals surface area contributed by atoms with Gasteiger partial charge in [0, 0.05) is 6.04 Å². The molecule has 108 valence electrons. The van der Waals surface area contributed by atoms with Crippen molar-refractivity contribution >= 4 is 39.1 Å². The van der Waals surface area contributed by atoms with Crippen molar-refractivity contribution in [3.05, 3.63) is 11.2 Å². The predicted molar refractivity (Wildman–Crippen MR) is 76.5 cm³/mol. The van der Waals surface area contributed by atoms with Crippen molar-refractivity contribution < 1.29 is 18.3 Å². The molecule has 1 aromatic heterocycles. The van der Waals surface area contributed by atoms with Crippen molar-refractivity contribution in [1.29, 1.82) is 0 Å². The molecule has 19 heavy (non-hydrogen) atoms. The number of thiazole rings is 1. The first-order valence-electron chi connectivity index (χ1n) is 5.65. The average molecular weight is 324 g/mol. The third-order valence-electron chi connectivity index (χ3n) is 2.24. The largest absolute Gasteiger partial charge is 0.476 e. The summed E-state index contributed by atoms with van der Waals surface area (Å²) in [5.74, 6) is 0.502. The lowest BCUT2D eigenvalue weighted by molar-refractivity contribution is 0.0687. The number of thioether (sulfide) groups is 1. The Balaban J connectivity index is 2.75. The Morgan fingerprint density at radius 3 is 2.89 bits per heavy atom. The molecule has 0 saturated carbocycles. The molecule has 1 atom stereocenters. The van der Waals surface area contributed by atoms with E-state index in [-0.39, 0.29) is 10.3 Å². The number of aromatic carboxylic acids is 1. The number of carboxylic acid groups (broad SMARTS) is 1. The van der Waals surface area contributed by atoms with Crippen molar-refractivity contribution in [1.82, 2.24) is 9.71 Å². The van der Waals surface area contributed by atoms with Gasteiger partial charge in [0.15, 0.2) is 9.90 Å². The van der Waals surface area contributed by atoms with E-state index >= 15 is 0 Å². The zero-order valence-electron chi connectivity index (χ0n) is 10.6. The molecule has 0 aliphatic carbocycles. The van der Waals surface area contributed by atoms with Gasteiger partial charge in [-0.05, 0) is 24.9 Å². The van der Waals surface area contributed by atoms with Crippen molar-refractivity contribution in [2.24, 2.45) is 0 Å². The van der Waals surface area contributed by atoms with Crippen LogP contribution in [0.2, 0.25) is 0 Å². The van der Waals surface area contributed by atoms with Crippen LogP contribution in [0.25, 0.3) is 0 Å². The Hall–Kier alpha value is -0.640. The summed E-state index contributed by atoms with van der Waals surface area (Å²) in [7, 11) is -3.81. The van der Waals surface area contributed by atoms with E-state index in [2.05, 4.69) is 9.71 Å². The van der Waals surface area contributed by atoms with Crippen LogP contribution in [0.15, 0.2) is 9.72 Å². The number of nitrogens with one attached hydrogen (secondary N) is 1. The molecule has 0 bridgehead atoms. The highest BCUT2D eigenvalue weighted by Crippen LogP contribution is 2.20. The van der Waals surface area contributed by atoms with Crippen LogP contribution in [-0.2, 0) is 10.0 Å². The van der Waals surface area contributed by atoms with E-state index in [0.29, 0.717) is 6.42 Å². The Bertz CT molecular complexity index is 527. The molecule has 0 saturated heterocycles. The highest BCUT2D eigenvalue weighted by Gasteiger charge is 2.26. The topological polar surface area (TPSA) is 96.4 Å². The van der Waals surface area contributed by atoms with Crippen LogP contribution >= 0.6 is 23.1 Å². The van der Waals surface area contributed by atoms with E-state index in [1.54, 1.807) is 18.7 Å². The smallest absolute Gasteiger partial charge is 0.356 e. The molecule has 0 fully saturated rings. The summed E-state index contributed by atoms with van der Waals surface area (Å²) in [6.45, 7) is 3.80. The first kappa shape index (κ1) is 16.4. The fraction of sp³-hybridized carbons (Fsp3) is 0.600. The van der Waals surface area contributed by atoms with Crippen LogP contribution in [0, 0.1) is 0 Å². The maximum atomic E-state index is 12.1. The number of aromatic nitrogens is 1. The van der Waals surface area contributed by atoms with Crippen LogP contribution in [0.1, 0.15) is 30.8 Å². The van der Waals surface area contributed by atoms with Gasteiger partial charge in [-0.25, -0.2) is 22.9 Å². The molecule has 1 rings (SSSR count). The molecule has 0 spiro atoms. The highest BCUT2D eigenvalue weighted by atomic mass is 32.2. The molecule has 0 aliphatic heterocycles. The number of hydrogen-bond acceptors (Lipinski definition) is 6. The second-order valence-electron chi connectivity index (χ2n) is 3.80. The van der Waals surface area contributed by atoms with Crippen molar-refractivity contribution in [3.8, 4) is 0 Å². The predicted octanol–water partition coefficient (Wildman–Crippen LogP) is 1.65. The Morgan fingerprint density at radius 2 is 2.32 bits per heavy atom. The number of nitrogens with zero attached hydrogens (tertiary/aromatic N) is 1. The van der Waals surface area contributed by atoms with Gasteiger partial charge in [-0.15, -0.1) is 11.3 Å². The van der Waals surface area contributed by atoms with Crippen molar-refractivity contribution in [3.63, 3.8) is 0 Å². The summed E-state index contributed by atoms with van der Waals surface area (Å²) in [4.78, 5) is 14.4. The van der Waals surface area contributed by atoms with E-state index < -0.39 is 21.7 Å². The van der Waals surface area contributed by atoms with Crippen LogP contribution < -0.4 is 4.72 Å². The molecular formula is C10H16N2O4S3. The Kier molecular flexibility index (Phi) is 6.24. The number of carbonyl (C=O) groups is 1. The summed E-state index contributed by atoms with van der Waals surface area (Å²) in [6.07, 6.45) is 0.693. The van der Waals surface area contributed by atoms with Crippen LogP contribution in [-0.4, -0.2) is 42.0 Å². The quantitative estimate of drug-likeness (QED) is 0.706. The number of hydrogen-bond donors (Lipinski definition) is 2. The zero-order valence-corrected chi connectivity index (χ0v) is 13.1. The minimum atomic E-state index is -3.81. The minimum Gasteiger partial charge on any atom is -0.476 e. The lowest BCUT2D eigenvalue weighted by Gasteiger charge is -2.13. The van der Waals surface area contributed by atoms with Gasteiger partial charge in [-0.2, -0.15) is 11.8 Å². The maximum absolute atomic E-state index is 12.1. The molecular weight excluding hydrogens is 308 g/mol. The normalized spacial score (nSPS) is 13.4. The summed E-state index contributed by atoms with van der Waals surface area (Å²) in [5.41, 5.74) is 0.794. The van der Waals surface area contributed by atoms with E-state index in [1.165, 1.54) is 5.51 Å². The zero-order chi connectivity index (χ0) is 14.5. The van der Waals surface area contributed by atoms with Gasteiger partial charge in [-0.1, -0.05) is 6.92 Å². The Morgan fingerprint density at radius 1 is 1.63 bits per heavy atom. The lowest BCUT2D eigenvalue weighted by atomic mass is 10.3. The lowest BCUT2D eigenvalue weighted by Crippen LogP contribution is -2.33. The van der Waals surface area contributed by atoms with Gasteiger partial charge in [0.05, 0.1) is 5.51 Å². The third-order valence-corrected chi connectivity index (χ3v) is 6.13. The van der Waals surface area contributed by atoms with Gasteiger partial charge in [0.25, 0.3) is 10.0 Å². The monoisotopic (exact) mass is 324 g/mol. The van der Waals surface area contributed by atoms with E-state index in [1.807, 2.05) is 6.92 Å². The SMILES string of the molecule is CCSCCC(C)NS(=O)(=O)c1scnc1C(=O)O. The van der Waals surface area contributed by atoms with E-state index in [9.17, 15) is 13.2 Å². The molecule has 0 amide bonds. The van der Waals surface area contributed by atoms with E-state index in [4.69, 9.17) is 5.11 Å². The third kappa shape index (κ3) is 4.75. The summed E-state index contributed by atoms with van der Waals surface area (Å²) < 4.78 is 26.3. The summed E-state index contributed by atoms with van der Waals surface area (Å²) >= 11 is 2.54. The van der Waals surface area contributed by atoms with Crippen LogP contribution in [0.5, 0.6) is 0 Å². The molecule has 2 N–H and O–H groups in total. The van der Waals surface area contributed by atoms with Gasteiger partial charge < -0.3 is 5.11 Å². The van der Waals surface area contributed by atoms with Gasteiger partial charge in [0.2, 0.25) is 0 Å². The van der Waals surface area contributed by atoms with Gasteiger partial charge in [-0.3, -0.25) is 0 Å². The Labute approximate surface area is 120 Å². The molecule has 0 aromatic carbocycles. The fourth-order valence-corrected chi connectivity index (χ4v) is 4.59. The second-order valence-corrected chi connectivity index (χ2v) is 7.96. The molecule has 1 aromatic rings. The standard InChI is InChI=1S/C10H16N2O4S3/c1-3-17-5-4-7(2)12-19(15,16)10-8(9(13)14)11-6-18-10/h6-7,12H,3-5H2,1-2H3,(H,13,14). The van der Waals surface area contributed by atoms with Crippen molar-refractivity contribution in [2.45, 2.75) is 30.5 Å². The molecule has 9 heteroatoms. The average Bonchev–Trinajstić information content (AvgIpc) is 2.78. The fourth-order valence-electron chi connectivity index (χ4n) is 1.35. The first-order chi connectivity index (χ1) is 8.88. The minimum absolute atomic E-state index is 0.241. The van der Waals surface area contributed by atoms with E-state index in [0.717, 1.165) is 22.8 Å². The number of carboxylic acids is 1. The number of rotatable bonds is 8. The first-order valence-corrected chi connectivity index (χ1v) is 9.17. The number of sulfonamides is 1. The summed E-state index contributed by atoms with van der Waals surface area (Å²) in [6, 6.07) is -0.243. The maximum Gasteiger partial charge on any atom is 0.356 e. The van der Waals surface area contributed by atoms with Crippen LogP contribution in [0.3, 0.4) is 0 Å². The van der Waals surface area contributed by atoms with Crippen molar-refractivity contribution in [2.75, 3.05) is 11.5 Å². The molecule has 0 radical (unpaired) electrons. The summed E-state index contributed by atoms with van der Waals surface area (Å²) in [5, 5.41) is 8.87. The molecule has 1 unspecified atom stereocenters. The van der Waals surface area contributed by atoms with Crippen LogP contribution in [0.4, 0.5) is 0 Å². The molecule has 6 nitrogen and oxygen atoms in total. The van der Waals surface area contributed by atoms with Gasteiger partial charge >= 0.3 is 5.97 Å². The molecule has 1 heterocycles.